The van der Waals surface area contributed by atoms with Gasteiger partial charge in [-0.2, -0.15) is 26.3 Å². The lowest BCUT2D eigenvalue weighted by Gasteiger charge is -2.09. The normalized spacial score (nSPS) is 12.8. The molecular formula is C12H20F6O5. The van der Waals surface area contributed by atoms with Crippen LogP contribution in [0.4, 0.5) is 26.3 Å². The Labute approximate surface area is 129 Å². The van der Waals surface area contributed by atoms with Crippen LogP contribution in [0.25, 0.3) is 0 Å². The summed E-state index contributed by atoms with van der Waals surface area (Å²) in [7, 11) is 0. The van der Waals surface area contributed by atoms with Crippen LogP contribution in [0.2, 0.25) is 0 Å². The zero-order valence-corrected chi connectivity index (χ0v) is 12.4. The van der Waals surface area contributed by atoms with Crippen molar-refractivity contribution in [2.45, 2.75) is 12.4 Å². The van der Waals surface area contributed by atoms with Gasteiger partial charge in [0.25, 0.3) is 0 Å². The lowest BCUT2D eigenvalue weighted by atomic mass is 10.6. The van der Waals surface area contributed by atoms with Crippen LogP contribution in [-0.4, -0.2) is 78.4 Å². The van der Waals surface area contributed by atoms with Crippen molar-refractivity contribution >= 4 is 0 Å². The fourth-order valence-corrected chi connectivity index (χ4v) is 1.15. The molecule has 0 unspecified atom stereocenters. The summed E-state index contributed by atoms with van der Waals surface area (Å²) in [5.41, 5.74) is 0. The second kappa shape index (κ2) is 12.8. The molecule has 0 aromatic heterocycles. The first-order chi connectivity index (χ1) is 10.7. The van der Waals surface area contributed by atoms with Crippen molar-refractivity contribution < 1.29 is 50.0 Å². The van der Waals surface area contributed by atoms with Crippen LogP contribution in [0.5, 0.6) is 0 Å². The van der Waals surface area contributed by atoms with Gasteiger partial charge < -0.3 is 23.7 Å². The van der Waals surface area contributed by atoms with Crippen molar-refractivity contribution in [3.05, 3.63) is 0 Å². The Kier molecular flexibility index (Phi) is 12.4. The van der Waals surface area contributed by atoms with Crippen molar-refractivity contribution in [1.82, 2.24) is 0 Å². The predicted octanol–water partition coefficient (Wildman–Crippen LogP) is 2.19. The Balaban J connectivity index is 3.08. The summed E-state index contributed by atoms with van der Waals surface area (Å²) in [6.07, 6.45) is -8.69. The van der Waals surface area contributed by atoms with E-state index in [1.807, 2.05) is 0 Å². The van der Waals surface area contributed by atoms with E-state index in [2.05, 4.69) is 9.47 Å². The van der Waals surface area contributed by atoms with E-state index in [0.29, 0.717) is 0 Å². The van der Waals surface area contributed by atoms with Gasteiger partial charge in [-0.1, -0.05) is 0 Å². The van der Waals surface area contributed by atoms with Gasteiger partial charge in [-0.15, -0.1) is 0 Å². The van der Waals surface area contributed by atoms with E-state index in [1.165, 1.54) is 0 Å². The van der Waals surface area contributed by atoms with Gasteiger partial charge >= 0.3 is 12.4 Å². The highest BCUT2D eigenvalue weighted by atomic mass is 19.4. The van der Waals surface area contributed by atoms with E-state index in [9.17, 15) is 26.3 Å². The number of halogens is 6. The molecule has 0 radical (unpaired) electrons. The number of ether oxygens (including phenoxy) is 5. The van der Waals surface area contributed by atoms with Crippen LogP contribution in [0.1, 0.15) is 0 Å². The topological polar surface area (TPSA) is 46.2 Å². The monoisotopic (exact) mass is 358 g/mol. The van der Waals surface area contributed by atoms with E-state index in [-0.39, 0.29) is 52.9 Å². The molecule has 0 rings (SSSR count). The van der Waals surface area contributed by atoms with Gasteiger partial charge in [0.05, 0.1) is 52.9 Å². The quantitative estimate of drug-likeness (QED) is 0.352. The fraction of sp³-hybridized carbons (Fsp3) is 1.00. The van der Waals surface area contributed by atoms with Crippen LogP contribution in [0.15, 0.2) is 0 Å². The summed E-state index contributed by atoms with van der Waals surface area (Å²) in [6.45, 7) is -2.11. The van der Waals surface area contributed by atoms with Crippen molar-refractivity contribution in [2.75, 3.05) is 66.1 Å². The van der Waals surface area contributed by atoms with Crippen LogP contribution >= 0.6 is 0 Å². The van der Waals surface area contributed by atoms with Gasteiger partial charge in [0, 0.05) is 0 Å². The molecule has 0 aromatic rings. The molecule has 0 aliphatic carbocycles. The van der Waals surface area contributed by atoms with Crippen molar-refractivity contribution in [2.24, 2.45) is 0 Å². The number of rotatable bonds is 14. The minimum absolute atomic E-state index is 0.0203. The maximum absolute atomic E-state index is 11.7. The zero-order chi connectivity index (χ0) is 17.6. The average molecular weight is 358 g/mol. The maximum atomic E-state index is 11.7. The zero-order valence-electron chi connectivity index (χ0n) is 12.4. The second-order valence-corrected chi connectivity index (χ2v) is 4.17. The van der Waals surface area contributed by atoms with E-state index in [4.69, 9.17) is 14.2 Å². The Morgan fingerprint density at radius 1 is 0.391 bits per heavy atom. The van der Waals surface area contributed by atoms with Gasteiger partial charge in [-0.3, -0.25) is 0 Å². The largest absolute Gasteiger partial charge is 0.411 e. The third-order valence-corrected chi connectivity index (χ3v) is 2.02. The van der Waals surface area contributed by atoms with Crippen LogP contribution in [0, 0.1) is 0 Å². The molecule has 0 atom stereocenters. The Hall–Kier alpha value is -0.620. The standard InChI is InChI=1S/C12H20F6O5/c13-11(14,15)9-22-7-5-20-3-1-19-2-4-21-6-8-23-10-12(16,17)18/h1-10H2. The molecule has 0 spiro atoms. The Morgan fingerprint density at radius 2 is 0.609 bits per heavy atom. The molecule has 11 heteroatoms. The first kappa shape index (κ1) is 22.4. The van der Waals surface area contributed by atoms with Gasteiger partial charge in [0.1, 0.15) is 13.2 Å². The van der Waals surface area contributed by atoms with E-state index < -0.39 is 25.6 Å². The molecule has 0 aliphatic heterocycles. The van der Waals surface area contributed by atoms with Gasteiger partial charge in [0.2, 0.25) is 0 Å². The summed E-state index contributed by atoms with van der Waals surface area (Å²) in [5, 5.41) is 0. The molecule has 0 saturated heterocycles. The Bertz CT molecular complexity index is 246. The van der Waals surface area contributed by atoms with Crippen LogP contribution in [-0.2, 0) is 23.7 Å². The lowest BCUT2D eigenvalue weighted by Crippen LogP contribution is -2.20. The first-order valence-corrected chi connectivity index (χ1v) is 6.73. The molecular weight excluding hydrogens is 338 g/mol. The third-order valence-electron chi connectivity index (χ3n) is 2.02. The maximum Gasteiger partial charge on any atom is 0.411 e. The van der Waals surface area contributed by atoms with Crippen molar-refractivity contribution in [1.29, 1.82) is 0 Å². The first-order valence-electron chi connectivity index (χ1n) is 6.73. The summed E-state index contributed by atoms with van der Waals surface area (Å²) in [5.74, 6) is 0. The summed E-state index contributed by atoms with van der Waals surface area (Å²) in [6, 6.07) is 0. The number of hydrogen-bond donors (Lipinski definition) is 0. The highest BCUT2D eigenvalue weighted by Crippen LogP contribution is 2.14. The molecule has 0 saturated carbocycles. The Morgan fingerprint density at radius 3 is 0.826 bits per heavy atom. The molecule has 23 heavy (non-hydrogen) atoms. The van der Waals surface area contributed by atoms with Gasteiger partial charge in [-0.05, 0) is 0 Å². The smallest absolute Gasteiger partial charge is 0.377 e. The molecule has 0 heterocycles. The highest BCUT2D eigenvalue weighted by molar-refractivity contribution is 4.46. The van der Waals surface area contributed by atoms with Crippen LogP contribution < -0.4 is 0 Å². The van der Waals surface area contributed by atoms with Crippen LogP contribution in [0.3, 0.4) is 0 Å². The van der Waals surface area contributed by atoms with E-state index >= 15 is 0 Å². The number of hydrogen-bond acceptors (Lipinski definition) is 5. The average Bonchev–Trinajstić information content (AvgIpc) is 2.40. The minimum atomic E-state index is -4.35. The number of alkyl halides is 6. The lowest BCUT2D eigenvalue weighted by molar-refractivity contribution is -0.176. The molecule has 5 nitrogen and oxygen atoms in total. The van der Waals surface area contributed by atoms with Crippen molar-refractivity contribution in [3.63, 3.8) is 0 Å². The SMILES string of the molecule is FC(F)(F)COCCOCCOCCOCCOCC(F)(F)F. The molecule has 0 aliphatic rings. The molecule has 140 valence electrons. The highest BCUT2D eigenvalue weighted by Gasteiger charge is 2.27. The molecule has 0 amide bonds. The summed E-state index contributed by atoms with van der Waals surface area (Å²) in [4.78, 5) is 0. The molecule has 0 fully saturated rings. The van der Waals surface area contributed by atoms with Gasteiger partial charge in [0.15, 0.2) is 0 Å². The second-order valence-electron chi connectivity index (χ2n) is 4.17. The molecule has 0 N–H and O–H groups in total. The van der Waals surface area contributed by atoms with E-state index in [1.54, 1.807) is 0 Å². The predicted molar refractivity (Wildman–Crippen MR) is 66.2 cm³/mol. The summed E-state index contributed by atoms with van der Waals surface area (Å²) >= 11 is 0. The summed E-state index contributed by atoms with van der Waals surface area (Å²) < 4.78 is 93.8. The minimum Gasteiger partial charge on any atom is -0.377 e. The third kappa shape index (κ3) is 21.4. The molecule has 0 aromatic carbocycles. The van der Waals surface area contributed by atoms with E-state index in [0.717, 1.165) is 0 Å². The fourth-order valence-electron chi connectivity index (χ4n) is 1.15. The molecule has 0 bridgehead atoms. The van der Waals surface area contributed by atoms with Crippen molar-refractivity contribution in [3.8, 4) is 0 Å². The van der Waals surface area contributed by atoms with Gasteiger partial charge in [-0.25, -0.2) is 0 Å².